The summed E-state index contributed by atoms with van der Waals surface area (Å²) in [5.74, 6) is 0.345. The number of hydrogen-bond acceptors (Lipinski definition) is 5. The third-order valence-electron chi connectivity index (χ3n) is 6.84. The van der Waals surface area contributed by atoms with E-state index in [1.165, 1.54) is 0 Å². The van der Waals surface area contributed by atoms with Crippen molar-refractivity contribution in [3.63, 3.8) is 0 Å². The van der Waals surface area contributed by atoms with Crippen LogP contribution >= 0.6 is 0 Å². The molecule has 1 spiro atoms. The summed E-state index contributed by atoms with van der Waals surface area (Å²) in [6.07, 6.45) is 12.0. The van der Waals surface area contributed by atoms with Crippen molar-refractivity contribution in [1.29, 1.82) is 0 Å². The van der Waals surface area contributed by atoms with Crippen LogP contribution < -0.4 is 0 Å². The Morgan fingerprint density at radius 1 is 1.19 bits per heavy atom. The fraction of sp³-hybridized carbons (Fsp3) is 0.458. The molecule has 1 amide bonds. The van der Waals surface area contributed by atoms with Crippen molar-refractivity contribution in [3.05, 3.63) is 72.5 Å². The predicted octanol–water partition coefficient (Wildman–Crippen LogP) is 3.47. The molecular formula is C24H29N5O2. The second-order valence-electron chi connectivity index (χ2n) is 9.18. The number of furan rings is 1. The SMILES string of the molecule is CC(C)n1cnc(C2CN(Cc3ccoc3)CC23CCN(Cc2ccncc2)C3=O)c1. The van der Waals surface area contributed by atoms with Crippen LogP contribution in [-0.4, -0.2) is 49.9 Å². The van der Waals surface area contributed by atoms with Gasteiger partial charge >= 0.3 is 0 Å². The van der Waals surface area contributed by atoms with Gasteiger partial charge in [-0.2, -0.15) is 0 Å². The number of hydrogen-bond donors (Lipinski definition) is 0. The molecule has 0 bridgehead atoms. The van der Waals surface area contributed by atoms with Gasteiger partial charge in [-0.15, -0.1) is 0 Å². The average Bonchev–Trinajstić information content (AvgIpc) is 3.55. The van der Waals surface area contributed by atoms with Crippen LogP contribution in [0.2, 0.25) is 0 Å². The lowest BCUT2D eigenvalue weighted by atomic mass is 9.75. The summed E-state index contributed by atoms with van der Waals surface area (Å²) >= 11 is 0. The first-order chi connectivity index (χ1) is 15.0. The minimum atomic E-state index is -0.424. The van der Waals surface area contributed by atoms with E-state index in [0.29, 0.717) is 12.6 Å². The van der Waals surface area contributed by atoms with Gasteiger partial charge in [0.15, 0.2) is 0 Å². The van der Waals surface area contributed by atoms with Crippen LogP contribution in [0.15, 0.2) is 60.1 Å². The van der Waals surface area contributed by atoms with E-state index in [-0.39, 0.29) is 11.8 Å². The molecule has 2 fully saturated rings. The second kappa shape index (κ2) is 7.96. The highest BCUT2D eigenvalue weighted by atomic mass is 16.3. The molecule has 0 aromatic carbocycles. The third kappa shape index (κ3) is 3.67. The van der Waals surface area contributed by atoms with Gasteiger partial charge in [0.2, 0.25) is 5.91 Å². The van der Waals surface area contributed by atoms with Gasteiger partial charge in [0.05, 0.1) is 30.0 Å². The van der Waals surface area contributed by atoms with Gasteiger partial charge in [0.25, 0.3) is 0 Å². The number of carbonyl (C=O) groups is 1. The first-order valence-electron chi connectivity index (χ1n) is 11.0. The smallest absolute Gasteiger partial charge is 0.231 e. The lowest BCUT2D eigenvalue weighted by Crippen LogP contribution is -2.39. The van der Waals surface area contributed by atoms with E-state index in [1.807, 2.05) is 29.4 Å². The Kier molecular flexibility index (Phi) is 5.14. The van der Waals surface area contributed by atoms with Crippen LogP contribution in [0.25, 0.3) is 0 Å². The Balaban J connectivity index is 1.43. The summed E-state index contributed by atoms with van der Waals surface area (Å²) in [4.78, 5) is 27.1. The van der Waals surface area contributed by atoms with E-state index in [0.717, 1.165) is 49.4 Å². The van der Waals surface area contributed by atoms with Crippen molar-refractivity contribution in [2.24, 2.45) is 5.41 Å². The van der Waals surface area contributed by atoms with Crippen LogP contribution in [-0.2, 0) is 17.9 Å². The van der Waals surface area contributed by atoms with Gasteiger partial charge in [-0.3, -0.25) is 14.7 Å². The molecule has 2 aliphatic heterocycles. The molecule has 2 unspecified atom stereocenters. The molecule has 3 aromatic heterocycles. The Morgan fingerprint density at radius 2 is 2.03 bits per heavy atom. The van der Waals surface area contributed by atoms with Crippen molar-refractivity contribution in [1.82, 2.24) is 24.3 Å². The standard InChI is InChI=1S/C24H29N5O2/c1-18(2)29-14-22(26-17-29)21-13-27(11-20-5-10-31-15-20)16-24(21)6-9-28(23(24)30)12-19-3-7-25-8-4-19/h3-5,7-8,10,14-15,17-18,21H,6,9,11-13,16H2,1-2H3. The van der Waals surface area contributed by atoms with Crippen LogP contribution in [0.1, 0.15) is 49.0 Å². The number of rotatable bonds is 6. The molecule has 2 atom stereocenters. The number of imidazole rings is 1. The number of nitrogens with zero attached hydrogens (tertiary/aromatic N) is 5. The number of carbonyl (C=O) groups excluding carboxylic acids is 1. The zero-order valence-corrected chi connectivity index (χ0v) is 18.1. The molecule has 0 N–H and O–H groups in total. The Morgan fingerprint density at radius 3 is 2.74 bits per heavy atom. The monoisotopic (exact) mass is 419 g/mol. The molecule has 162 valence electrons. The van der Waals surface area contributed by atoms with E-state index in [9.17, 15) is 4.79 Å². The summed E-state index contributed by atoms with van der Waals surface area (Å²) in [5, 5.41) is 0. The molecule has 5 heterocycles. The largest absolute Gasteiger partial charge is 0.472 e. The number of pyridine rings is 1. The molecular weight excluding hydrogens is 390 g/mol. The van der Waals surface area contributed by atoms with Gasteiger partial charge in [-0.05, 0) is 44.0 Å². The molecule has 2 saturated heterocycles. The molecule has 7 nitrogen and oxygen atoms in total. The number of aromatic nitrogens is 3. The lowest BCUT2D eigenvalue weighted by Gasteiger charge is -2.28. The summed E-state index contributed by atoms with van der Waals surface area (Å²) in [6, 6.07) is 6.32. The molecule has 5 rings (SSSR count). The van der Waals surface area contributed by atoms with Gasteiger partial charge in [0, 0.05) is 68.8 Å². The minimum Gasteiger partial charge on any atom is -0.472 e. The minimum absolute atomic E-state index is 0.0920. The highest BCUT2D eigenvalue weighted by Gasteiger charge is 2.57. The first-order valence-corrected chi connectivity index (χ1v) is 11.0. The molecule has 7 heteroatoms. The predicted molar refractivity (Wildman–Crippen MR) is 116 cm³/mol. The summed E-state index contributed by atoms with van der Waals surface area (Å²) < 4.78 is 7.40. The van der Waals surface area contributed by atoms with E-state index in [2.05, 4.69) is 34.5 Å². The number of likely N-dealkylation sites (tertiary alicyclic amines) is 2. The molecule has 31 heavy (non-hydrogen) atoms. The highest BCUT2D eigenvalue weighted by molar-refractivity contribution is 5.86. The zero-order valence-electron chi connectivity index (χ0n) is 18.1. The Labute approximate surface area is 182 Å². The quantitative estimate of drug-likeness (QED) is 0.612. The van der Waals surface area contributed by atoms with E-state index >= 15 is 0 Å². The maximum Gasteiger partial charge on any atom is 0.231 e. The summed E-state index contributed by atoms with van der Waals surface area (Å²) in [5.41, 5.74) is 2.87. The van der Waals surface area contributed by atoms with Gasteiger partial charge in [-0.1, -0.05) is 0 Å². The van der Waals surface area contributed by atoms with Crippen LogP contribution in [0.3, 0.4) is 0 Å². The molecule has 3 aromatic rings. The second-order valence-corrected chi connectivity index (χ2v) is 9.18. The Hall–Kier alpha value is -2.93. The van der Waals surface area contributed by atoms with Crippen molar-refractivity contribution < 1.29 is 9.21 Å². The van der Waals surface area contributed by atoms with E-state index in [1.54, 1.807) is 24.9 Å². The van der Waals surface area contributed by atoms with Crippen LogP contribution in [0, 0.1) is 5.41 Å². The highest BCUT2D eigenvalue weighted by Crippen LogP contribution is 2.50. The number of amides is 1. The maximum absolute atomic E-state index is 13.8. The van der Waals surface area contributed by atoms with Gasteiger partial charge in [-0.25, -0.2) is 4.98 Å². The molecule has 2 aliphatic rings. The summed E-state index contributed by atoms with van der Waals surface area (Å²) in [7, 11) is 0. The zero-order chi connectivity index (χ0) is 21.4. The van der Waals surface area contributed by atoms with Crippen LogP contribution in [0.4, 0.5) is 0 Å². The van der Waals surface area contributed by atoms with Crippen molar-refractivity contribution in [2.45, 2.75) is 45.3 Å². The molecule has 0 aliphatic carbocycles. The molecule has 0 saturated carbocycles. The Bertz CT molecular complexity index is 1030. The summed E-state index contributed by atoms with van der Waals surface area (Å²) in [6.45, 7) is 8.09. The fourth-order valence-electron chi connectivity index (χ4n) is 5.15. The normalized spacial score (nSPS) is 24.2. The van der Waals surface area contributed by atoms with E-state index < -0.39 is 5.41 Å². The lowest BCUT2D eigenvalue weighted by molar-refractivity contribution is -0.136. The first kappa shape index (κ1) is 20.0. The topological polar surface area (TPSA) is 67.4 Å². The van der Waals surface area contributed by atoms with Crippen molar-refractivity contribution in [3.8, 4) is 0 Å². The molecule has 0 radical (unpaired) electrons. The fourth-order valence-corrected chi connectivity index (χ4v) is 5.15. The third-order valence-corrected chi connectivity index (χ3v) is 6.84. The maximum atomic E-state index is 13.8. The van der Waals surface area contributed by atoms with Crippen LogP contribution in [0.5, 0.6) is 0 Å². The van der Waals surface area contributed by atoms with E-state index in [4.69, 9.17) is 9.40 Å². The van der Waals surface area contributed by atoms with Gasteiger partial charge in [0.1, 0.15) is 0 Å². The van der Waals surface area contributed by atoms with Gasteiger partial charge < -0.3 is 13.9 Å². The van der Waals surface area contributed by atoms with Crippen molar-refractivity contribution in [2.75, 3.05) is 19.6 Å². The average molecular weight is 420 g/mol. The van der Waals surface area contributed by atoms with Crippen molar-refractivity contribution >= 4 is 5.91 Å².